The Kier molecular flexibility index (Phi) is 2.81. The highest BCUT2D eigenvalue weighted by molar-refractivity contribution is 7.98. The lowest BCUT2D eigenvalue weighted by atomic mass is 10.4. The molecule has 0 bridgehead atoms. The molecule has 7 heteroatoms. The summed E-state index contributed by atoms with van der Waals surface area (Å²) in [5, 5.41) is 0.752. The molecule has 0 unspecified atom stereocenters. The normalized spacial score (nSPS) is 15.3. The minimum Gasteiger partial charge on any atom is -0.316 e. The van der Waals surface area contributed by atoms with Gasteiger partial charge in [-0.2, -0.15) is 0 Å². The Hall–Kier alpha value is -1.50. The number of hydrogen-bond donors (Lipinski definition) is 0. The summed E-state index contributed by atoms with van der Waals surface area (Å²) in [6.45, 7) is 0.661. The van der Waals surface area contributed by atoms with Crippen LogP contribution >= 0.6 is 11.8 Å². The third kappa shape index (κ3) is 1.83. The monoisotopic (exact) mass is 280 g/mol. The highest BCUT2D eigenvalue weighted by Gasteiger charge is 2.25. The van der Waals surface area contributed by atoms with Crippen molar-refractivity contribution in [3.8, 4) is 0 Å². The zero-order valence-electron chi connectivity index (χ0n) is 11.2. The van der Waals surface area contributed by atoms with Gasteiger partial charge in [0, 0.05) is 20.6 Å². The van der Waals surface area contributed by atoms with E-state index in [1.165, 1.54) is 23.4 Å². The first-order chi connectivity index (χ1) is 9.04. The maximum absolute atomic E-state index is 12.2. The molecule has 0 N–H and O–H groups in total. The summed E-state index contributed by atoms with van der Waals surface area (Å²) in [5.74, 6) is 0.554. The molecule has 1 aliphatic rings. The molecule has 1 fully saturated rings. The van der Waals surface area contributed by atoms with Crippen LogP contribution in [-0.2, 0) is 20.6 Å². The Bertz CT molecular complexity index is 767. The van der Waals surface area contributed by atoms with Gasteiger partial charge >= 0.3 is 5.69 Å². The predicted octanol–water partition coefficient (Wildman–Crippen LogP) is 0.566. The molecule has 0 radical (unpaired) electrons. The van der Waals surface area contributed by atoms with E-state index in [4.69, 9.17) is 0 Å². The zero-order chi connectivity index (χ0) is 13.7. The molecular weight excluding hydrogens is 264 g/mol. The second-order valence-corrected chi connectivity index (χ2v) is 5.80. The fourth-order valence-corrected chi connectivity index (χ4v) is 2.86. The van der Waals surface area contributed by atoms with Crippen LogP contribution in [0.3, 0.4) is 0 Å². The molecule has 1 saturated carbocycles. The van der Waals surface area contributed by atoms with Crippen molar-refractivity contribution in [3.05, 3.63) is 20.8 Å². The molecule has 2 aromatic rings. The molecule has 102 valence electrons. The van der Waals surface area contributed by atoms with Gasteiger partial charge in [0.15, 0.2) is 16.3 Å². The summed E-state index contributed by atoms with van der Waals surface area (Å²) in [6.07, 6.45) is 4.22. The molecule has 0 saturated heterocycles. The molecule has 1 aliphatic carbocycles. The first-order valence-corrected chi connectivity index (χ1v) is 7.47. The van der Waals surface area contributed by atoms with E-state index < -0.39 is 0 Å². The minimum atomic E-state index is -0.276. The number of aromatic nitrogens is 4. The van der Waals surface area contributed by atoms with Crippen LogP contribution < -0.4 is 11.2 Å². The van der Waals surface area contributed by atoms with E-state index in [0.29, 0.717) is 23.6 Å². The Morgan fingerprint density at radius 1 is 1.26 bits per heavy atom. The quantitative estimate of drug-likeness (QED) is 0.771. The van der Waals surface area contributed by atoms with Crippen molar-refractivity contribution in [2.24, 2.45) is 20.0 Å². The molecule has 0 atom stereocenters. The van der Waals surface area contributed by atoms with Crippen molar-refractivity contribution >= 4 is 22.9 Å². The molecule has 0 aliphatic heterocycles. The number of thioether (sulfide) groups is 1. The third-order valence-electron chi connectivity index (χ3n) is 3.64. The van der Waals surface area contributed by atoms with Gasteiger partial charge in [-0.3, -0.25) is 13.9 Å². The van der Waals surface area contributed by atoms with Gasteiger partial charge in [-0.1, -0.05) is 11.8 Å². The average Bonchev–Trinajstić information content (AvgIpc) is 3.15. The first kappa shape index (κ1) is 12.5. The minimum absolute atomic E-state index is 0.268. The molecule has 3 rings (SSSR count). The van der Waals surface area contributed by atoms with Crippen LogP contribution in [0.2, 0.25) is 0 Å². The van der Waals surface area contributed by atoms with Crippen molar-refractivity contribution in [1.29, 1.82) is 0 Å². The second-order valence-electron chi connectivity index (χ2n) is 5.03. The summed E-state index contributed by atoms with van der Waals surface area (Å²) in [4.78, 5) is 28.9. The van der Waals surface area contributed by atoms with Crippen LogP contribution in [0.1, 0.15) is 12.8 Å². The summed E-state index contributed by atoms with van der Waals surface area (Å²) in [5.41, 5.74) is 0.483. The smallest absolute Gasteiger partial charge is 0.316 e. The molecule has 0 aromatic carbocycles. The van der Waals surface area contributed by atoms with Crippen LogP contribution in [0.5, 0.6) is 0 Å². The standard InChI is InChI=1S/C12H16N4O2S/c1-14-8-9(13-11(14)19-3)16(6-7-4-5-7)12(18)15(2)10(8)17/h7H,4-6H2,1-3H3. The average molecular weight is 280 g/mol. The Morgan fingerprint density at radius 2 is 1.95 bits per heavy atom. The lowest BCUT2D eigenvalue weighted by Crippen LogP contribution is -2.39. The van der Waals surface area contributed by atoms with Crippen LogP contribution in [0.25, 0.3) is 11.2 Å². The number of rotatable bonds is 3. The Balaban J connectivity index is 2.39. The van der Waals surface area contributed by atoms with Gasteiger partial charge in [0.25, 0.3) is 5.56 Å². The summed E-state index contributed by atoms with van der Waals surface area (Å²) < 4.78 is 4.59. The van der Waals surface area contributed by atoms with E-state index >= 15 is 0 Å². The maximum Gasteiger partial charge on any atom is 0.332 e. The highest BCUT2D eigenvalue weighted by Crippen LogP contribution is 2.31. The lowest BCUT2D eigenvalue weighted by molar-refractivity contribution is 0.577. The largest absolute Gasteiger partial charge is 0.332 e. The van der Waals surface area contributed by atoms with Gasteiger partial charge in [0.2, 0.25) is 0 Å². The van der Waals surface area contributed by atoms with Crippen LogP contribution in [-0.4, -0.2) is 24.9 Å². The number of fused-ring (bicyclic) bond motifs is 1. The van der Waals surface area contributed by atoms with E-state index in [2.05, 4.69) is 4.98 Å². The maximum atomic E-state index is 12.2. The van der Waals surface area contributed by atoms with E-state index in [1.54, 1.807) is 9.13 Å². The molecule has 2 aromatic heterocycles. The SMILES string of the molecule is CSc1nc2c(c(=O)n(C)c(=O)n2CC2CC2)n1C. The number of hydrogen-bond acceptors (Lipinski definition) is 4. The second kappa shape index (κ2) is 4.26. The third-order valence-corrected chi connectivity index (χ3v) is 4.37. The van der Waals surface area contributed by atoms with Crippen molar-refractivity contribution in [2.75, 3.05) is 6.26 Å². The van der Waals surface area contributed by atoms with Crippen molar-refractivity contribution in [3.63, 3.8) is 0 Å². The van der Waals surface area contributed by atoms with Crippen molar-refractivity contribution < 1.29 is 0 Å². The predicted molar refractivity (Wildman–Crippen MR) is 74.7 cm³/mol. The van der Waals surface area contributed by atoms with E-state index in [9.17, 15) is 9.59 Å². The van der Waals surface area contributed by atoms with Crippen LogP contribution in [0.4, 0.5) is 0 Å². The van der Waals surface area contributed by atoms with Crippen molar-refractivity contribution in [1.82, 2.24) is 18.7 Å². The number of aryl methyl sites for hydroxylation is 1. The molecule has 2 heterocycles. The summed E-state index contributed by atoms with van der Waals surface area (Å²) in [6, 6.07) is 0. The van der Waals surface area contributed by atoms with E-state index in [0.717, 1.165) is 18.0 Å². The Morgan fingerprint density at radius 3 is 2.53 bits per heavy atom. The van der Waals surface area contributed by atoms with Gasteiger partial charge in [-0.05, 0) is 25.0 Å². The van der Waals surface area contributed by atoms with Gasteiger partial charge in [-0.25, -0.2) is 9.78 Å². The van der Waals surface area contributed by atoms with Gasteiger partial charge in [0.1, 0.15) is 0 Å². The summed E-state index contributed by atoms with van der Waals surface area (Å²) >= 11 is 1.47. The number of nitrogens with zero attached hydrogens (tertiary/aromatic N) is 4. The van der Waals surface area contributed by atoms with Gasteiger partial charge < -0.3 is 4.57 Å². The van der Waals surface area contributed by atoms with Crippen molar-refractivity contribution in [2.45, 2.75) is 24.5 Å². The van der Waals surface area contributed by atoms with E-state index in [-0.39, 0.29) is 11.2 Å². The fraction of sp³-hybridized carbons (Fsp3) is 0.583. The van der Waals surface area contributed by atoms with Crippen LogP contribution in [0, 0.1) is 5.92 Å². The Labute approximate surface area is 114 Å². The molecular formula is C12H16N4O2S. The lowest BCUT2D eigenvalue weighted by Gasteiger charge is -2.08. The van der Waals surface area contributed by atoms with Gasteiger partial charge in [-0.15, -0.1) is 0 Å². The molecule has 19 heavy (non-hydrogen) atoms. The van der Waals surface area contributed by atoms with E-state index in [1.807, 2.05) is 13.3 Å². The van der Waals surface area contributed by atoms with Crippen LogP contribution in [0.15, 0.2) is 14.7 Å². The summed E-state index contributed by atoms with van der Waals surface area (Å²) in [7, 11) is 3.34. The highest BCUT2D eigenvalue weighted by atomic mass is 32.2. The first-order valence-electron chi connectivity index (χ1n) is 6.24. The van der Waals surface area contributed by atoms with Gasteiger partial charge in [0.05, 0.1) is 0 Å². The molecule has 6 nitrogen and oxygen atoms in total. The molecule has 0 amide bonds. The zero-order valence-corrected chi connectivity index (χ0v) is 12.0. The topological polar surface area (TPSA) is 61.8 Å². The molecule has 0 spiro atoms. The fourth-order valence-electron chi connectivity index (χ4n) is 2.31. The number of imidazole rings is 1.